The molecule has 0 saturated carbocycles. The van der Waals surface area contributed by atoms with E-state index in [9.17, 15) is 4.79 Å². The summed E-state index contributed by atoms with van der Waals surface area (Å²) >= 11 is 0. The first-order valence-electron chi connectivity index (χ1n) is 6.22. The molecule has 1 atom stereocenters. The fourth-order valence-electron chi connectivity index (χ4n) is 2.16. The molecule has 1 aliphatic rings. The largest absolute Gasteiger partial charge is 0.337 e. The Kier molecular flexibility index (Phi) is 3.48. The lowest BCUT2D eigenvalue weighted by Gasteiger charge is -2.16. The number of rotatable bonds is 2. The first kappa shape index (κ1) is 12.1. The van der Waals surface area contributed by atoms with Gasteiger partial charge in [-0.15, -0.1) is 0 Å². The Morgan fingerprint density at radius 1 is 1.35 bits per heavy atom. The van der Waals surface area contributed by atoms with Gasteiger partial charge in [0.1, 0.15) is 0 Å². The molecule has 1 unspecified atom stereocenters. The number of carbonyl (C=O) groups excluding carboxylic acids is 1. The summed E-state index contributed by atoms with van der Waals surface area (Å²) < 4.78 is 0. The summed E-state index contributed by atoms with van der Waals surface area (Å²) in [7, 11) is 0. The van der Waals surface area contributed by atoms with Crippen LogP contribution in [0.4, 0.5) is 0 Å². The minimum Gasteiger partial charge on any atom is -0.337 e. The van der Waals surface area contributed by atoms with Gasteiger partial charge in [0.25, 0.3) is 5.91 Å². The molecule has 3 heteroatoms. The van der Waals surface area contributed by atoms with Crippen LogP contribution in [0.15, 0.2) is 24.3 Å². The molecular formula is C14H20N2O. The fraction of sp³-hybridized carbons (Fsp3) is 0.500. The Hall–Kier alpha value is -1.35. The molecule has 0 bridgehead atoms. The number of carbonyl (C=O) groups is 1. The van der Waals surface area contributed by atoms with Crippen LogP contribution in [0.1, 0.15) is 42.1 Å². The number of benzene rings is 1. The van der Waals surface area contributed by atoms with Gasteiger partial charge in [-0.25, -0.2) is 0 Å². The molecule has 92 valence electrons. The van der Waals surface area contributed by atoms with Crippen LogP contribution >= 0.6 is 0 Å². The molecule has 1 aromatic rings. The predicted molar refractivity (Wildman–Crippen MR) is 69.0 cm³/mol. The molecule has 0 aromatic heterocycles. The minimum absolute atomic E-state index is 0.105. The molecular weight excluding hydrogens is 212 g/mol. The van der Waals surface area contributed by atoms with Crippen molar-refractivity contribution in [1.29, 1.82) is 0 Å². The first-order valence-corrected chi connectivity index (χ1v) is 6.22. The van der Waals surface area contributed by atoms with E-state index in [1.54, 1.807) is 0 Å². The van der Waals surface area contributed by atoms with E-state index in [0.29, 0.717) is 12.5 Å². The third-order valence-corrected chi connectivity index (χ3v) is 3.34. The van der Waals surface area contributed by atoms with E-state index in [0.717, 1.165) is 18.5 Å². The third-order valence-electron chi connectivity index (χ3n) is 3.34. The van der Waals surface area contributed by atoms with Crippen LogP contribution in [-0.2, 0) is 0 Å². The highest BCUT2D eigenvalue weighted by molar-refractivity contribution is 5.94. The van der Waals surface area contributed by atoms with Gasteiger partial charge in [-0.1, -0.05) is 26.0 Å². The SMILES string of the molecule is CC(C)c1ccc(C(=O)N2CCC(N)C2)cc1. The molecule has 0 spiro atoms. The van der Waals surface area contributed by atoms with E-state index < -0.39 is 0 Å². The lowest BCUT2D eigenvalue weighted by Crippen LogP contribution is -2.31. The van der Waals surface area contributed by atoms with Crippen LogP contribution in [-0.4, -0.2) is 29.9 Å². The van der Waals surface area contributed by atoms with Gasteiger partial charge < -0.3 is 10.6 Å². The van der Waals surface area contributed by atoms with E-state index in [-0.39, 0.29) is 11.9 Å². The number of nitrogens with two attached hydrogens (primary N) is 1. The zero-order valence-electron chi connectivity index (χ0n) is 10.5. The first-order chi connectivity index (χ1) is 8.08. The second-order valence-electron chi connectivity index (χ2n) is 5.08. The summed E-state index contributed by atoms with van der Waals surface area (Å²) in [5, 5.41) is 0. The maximum atomic E-state index is 12.1. The van der Waals surface area contributed by atoms with Crippen LogP contribution in [0.5, 0.6) is 0 Å². The Balaban J connectivity index is 2.09. The normalized spacial score (nSPS) is 20.0. The molecule has 1 amide bonds. The number of likely N-dealkylation sites (tertiary alicyclic amines) is 1. The molecule has 1 saturated heterocycles. The number of amides is 1. The summed E-state index contributed by atoms with van der Waals surface area (Å²) in [6, 6.07) is 8.05. The average Bonchev–Trinajstić information content (AvgIpc) is 2.75. The number of hydrogen-bond acceptors (Lipinski definition) is 2. The van der Waals surface area contributed by atoms with Gasteiger partial charge in [-0.05, 0) is 30.0 Å². The van der Waals surface area contributed by atoms with Gasteiger partial charge in [-0.3, -0.25) is 4.79 Å². The van der Waals surface area contributed by atoms with Crippen LogP contribution in [0.3, 0.4) is 0 Å². The van der Waals surface area contributed by atoms with Crippen molar-refractivity contribution in [3.8, 4) is 0 Å². The molecule has 17 heavy (non-hydrogen) atoms. The van der Waals surface area contributed by atoms with Crippen LogP contribution < -0.4 is 5.73 Å². The standard InChI is InChI=1S/C14H20N2O/c1-10(2)11-3-5-12(6-4-11)14(17)16-8-7-13(15)9-16/h3-6,10,13H,7-9,15H2,1-2H3. The van der Waals surface area contributed by atoms with Crippen molar-refractivity contribution in [2.45, 2.75) is 32.2 Å². The summed E-state index contributed by atoms with van der Waals surface area (Å²) in [5.74, 6) is 0.604. The van der Waals surface area contributed by atoms with Gasteiger partial charge in [0.2, 0.25) is 0 Å². The van der Waals surface area contributed by atoms with Gasteiger partial charge in [0.05, 0.1) is 0 Å². The van der Waals surface area contributed by atoms with E-state index in [1.807, 2.05) is 29.2 Å². The molecule has 1 fully saturated rings. The highest BCUT2D eigenvalue weighted by atomic mass is 16.2. The zero-order valence-corrected chi connectivity index (χ0v) is 10.5. The monoisotopic (exact) mass is 232 g/mol. The molecule has 1 aromatic carbocycles. The average molecular weight is 232 g/mol. The van der Waals surface area contributed by atoms with E-state index >= 15 is 0 Å². The minimum atomic E-state index is 0.105. The van der Waals surface area contributed by atoms with Crippen molar-refractivity contribution in [2.24, 2.45) is 5.73 Å². The molecule has 1 heterocycles. The summed E-state index contributed by atoms with van der Waals surface area (Å²) in [6.07, 6.45) is 0.913. The summed E-state index contributed by atoms with van der Waals surface area (Å²) in [6.45, 7) is 5.77. The highest BCUT2D eigenvalue weighted by Gasteiger charge is 2.24. The van der Waals surface area contributed by atoms with Crippen molar-refractivity contribution in [1.82, 2.24) is 4.90 Å². The lowest BCUT2D eigenvalue weighted by molar-refractivity contribution is 0.0791. The molecule has 1 aliphatic heterocycles. The number of hydrogen-bond donors (Lipinski definition) is 1. The maximum absolute atomic E-state index is 12.1. The van der Waals surface area contributed by atoms with Crippen molar-refractivity contribution in [3.05, 3.63) is 35.4 Å². The van der Waals surface area contributed by atoms with Crippen molar-refractivity contribution >= 4 is 5.91 Å². The van der Waals surface area contributed by atoms with Gasteiger partial charge in [0.15, 0.2) is 0 Å². The van der Waals surface area contributed by atoms with Gasteiger partial charge in [-0.2, -0.15) is 0 Å². The maximum Gasteiger partial charge on any atom is 0.253 e. The van der Waals surface area contributed by atoms with Crippen molar-refractivity contribution in [2.75, 3.05) is 13.1 Å². The lowest BCUT2D eigenvalue weighted by atomic mass is 10.0. The van der Waals surface area contributed by atoms with E-state index in [2.05, 4.69) is 13.8 Å². The Labute approximate surface area is 103 Å². The second-order valence-corrected chi connectivity index (χ2v) is 5.08. The Morgan fingerprint density at radius 3 is 2.47 bits per heavy atom. The molecule has 0 aliphatic carbocycles. The summed E-state index contributed by atoms with van der Waals surface area (Å²) in [5.41, 5.74) is 7.84. The predicted octanol–water partition coefficient (Wildman–Crippen LogP) is 1.98. The molecule has 3 nitrogen and oxygen atoms in total. The molecule has 0 radical (unpaired) electrons. The van der Waals surface area contributed by atoms with Crippen LogP contribution in [0, 0.1) is 0 Å². The zero-order chi connectivity index (χ0) is 12.4. The summed E-state index contributed by atoms with van der Waals surface area (Å²) in [4.78, 5) is 14.0. The highest BCUT2D eigenvalue weighted by Crippen LogP contribution is 2.17. The molecule has 2 N–H and O–H groups in total. The topological polar surface area (TPSA) is 46.3 Å². The Bertz CT molecular complexity index is 397. The van der Waals surface area contributed by atoms with E-state index in [1.165, 1.54) is 5.56 Å². The van der Waals surface area contributed by atoms with E-state index in [4.69, 9.17) is 5.73 Å². The van der Waals surface area contributed by atoms with Crippen molar-refractivity contribution in [3.63, 3.8) is 0 Å². The van der Waals surface area contributed by atoms with Crippen molar-refractivity contribution < 1.29 is 4.79 Å². The Morgan fingerprint density at radius 2 is 2.00 bits per heavy atom. The van der Waals surface area contributed by atoms with Crippen LogP contribution in [0.25, 0.3) is 0 Å². The van der Waals surface area contributed by atoms with Crippen LogP contribution in [0.2, 0.25) is 0 Å². The van der Waals surface area contributed by atoms with Gasteiger partial charge in [0, 0.05) is 24.7 Å². The second kappa shape index (κ2) is 4.88. The third kappa shape index (κ3) is 2.67. The quantitative estimate of drug-likeness (QED) is 0.847. The van der Waals surface area contributed by atoms with Gasteiger partial charge >= 0.3 is 0 Å². The number of nitrogens with zero attached hydrogens (tertiary/aromatic N) is 1. The smallest absolute Gasteiger partial charge is 0.253 e. The fourth-order valence-corrected chi connectivity index (χ4v) is 2.16. The molecule has 2 rings (SSSR count).